The highest BCUT2D eigenvalue weighted by atomic mass is 35.5. The Morgan fingerprint density at radius 1 is 0.844 bits per heavy atom. The molecule has 2 unspecified atom stereocenters. The van der Waals surface area contributed by atoms with Gasteiger partial charge in [0.05, 0.1) is 10.6 Å². The minimum Gasteiger partial charge on any atom is -0.326 e. The second-order valence-electron chi connectivity index (χ2n) is 7.76. The Kier molecular flexibility index (Phi) is 6.42. The first-order chi connectivity index (χ1) is 15.2. The molecule has 4 rings (SSSR count). The molecule has 4 nitrogen and oxygen atoms in total. The summed E-state index contributed by atoms with van der Waals surface area (Å²) >= 11 is 18.4. The predicted molar refractivity (Wildman–Crippen MR) is 126 cm³/mol. The first-order valence-corrected chi connectivity index (χ1v) is 11.0. The summed E-state index contributed by atoms with van der Waals surface area (Å²) in [6, 6.07) is 15.4. The maximum Gasteiger partial charge on any atom is 0.257 e. The van der Waals surface area contributed by atoms with E-state index in [1.807, 2.05) is 19.1 Å². The molecule has 2 amide bonds. The number of hydrogen-bond acceptors (Lipinski definition) is 2. The van der Waals surface area contributed by atoms with Gasteiger partial charge in [-0.3, -0.25) is 9.59 Å². The third kappa shape index (κ3) is 4.90. The lowest BCUT2D eigenvalue weighted by atomic mass is 10.1. The molecular weight excluding hydrogens is 474 g/mol. The van der Waals surface area contributed by atoms with E-state index in [0.29, 0.717) is 21.4 Å². The Bertz CT molecular complexity index is 1180. The van der Waals surface area contributed by atoms with Crippen LogP contribution in [0.25, 0.3) is 0 Å². The summed E-state index contributed by atoms with van der Waals surface area (Å²) in [4.78, 5) is 25.5. The summed E-state index contributed by atoms with van der Waals surface area (Å²) in [5.74, 6) is -1.14. The van der Waals surface area contributed by atoms with Crippen LogP contribution in [0.2, 0.25) is 15.1 Å². The molecule has 1 fully saturated rings. The molecule has 1 saturated carbocycles. The first kappa shape index (κ1) is 22.6. The number of carbonyl (C=O) groups excluding carboxylic acids is 2. The highest BCUT2D eigenvalue weighted by Gasteiger charge is 2.52. The standard InChI is InChI=1S/C24H18Cl3FN2O2/c1-12-21(13-8-14(25)10-15(26)9-13)22(12)24(32)30-18-6-7-20(27)19(11-18)23(31)29-17-4-2-16(28)3-5-17/h2-12,21-22H,1H3,(H,29,31)(H,30,32)/t12-,21?,22?/m0/s1. The molecule has 8 heteroatoms. The number of nitrogens with one attached hydrogen (secondary N) is 2. The average molecular weight is 492 g/mol. The van der Waals surface area contributed by atoms with Gasteiger partial charge in [0, 0.05) is 27.3 Å². The molecule has 2 N–H and O–H groups in total. The normalized spacial score (nSPS) is 19.3. The number of carbonyl (C=O) groups is 2. The predicted octanol–water partition coefficient (Wildman–Crippen LogP) is 7.03. The van der Waals surface area contributed by atoms with E-state index < -0.39 is 11.7 Å². The number of halogens is 4. The van der Waals surface area contributed by atoms with Crippen LogP contribution in [0.3, 0.4) is 0 Å². The summed E-state index contributed by atoms with van der Waals surface area (Å²) in [7, 11) is 0. The zero-order valence-corrected chi connectivity index (χ0v) is 19.1. The Morgan fingerprint density at radius 2 is 1.47 bits per heavy atom. The Morgan fingerprint density at radius 3 is 2.12 bits per heavy atom. The van der Waals surface area contributed by atoms with Gasteiger partial charge in [-0.15, -0.1) is 0 Å². The molecule has 0 heterocycles. The fourth-order valence-electron chi connectivity index (χ4n) is 3.88. The summed E-state index contributed by atoms with van der Waals surface area (Å²) in [6.07, 6.45) is 0. The Hall–Kier alpha value is -2.60. The smallest absolute Gasteiger partial charge is 0.257 e. The minimum absolute atomic E-state index is 0.0137. The molecule has 0 spiro atoms. The summed E-state index contributed by atoms with van der Waals surface area (Å²) in [5, 5.41) is 6.81. The average Bonchev–Trinajstić information content (AvgIpc) is 3.41. The highest BCUT2D eigenvalue weighted by molar-refractivity contribution is 6.35. The van der Waals surface area contributed by atoms with Gasteiger partial charge in [0.1, 0.15) is 5.82 Å². The van der Waals surface area contributed by atoms with Crippen LogP contribution >= 0.6 is 34.8 Å². The van der Waals surface area contributed by atoms with Crippen LogP contribution in [-0.2, 0) is 4.79 Å². The van der Waals surface area contributed by atoms with Crippen LogP contribution < -0.4 is 10.6 Å². The molecule has 3 aromatic rings. The van der Waals surface area contributed by atoms with Crippen LogP contribution in [0.5, 0.6) is 0 Å². The van der Waals surface area contributed by atoms with Gasteiger partial charge in [-0.05, 0) is 78.1 Å². The monoisotopic (exact) mass is 490 g/mol. The number of rotatable bonds is 5. The number of amides is 2. The van der Waals surface area contributed by atoms with Crippen molar-refractivity contribution in [1.29, 1.82) is 0 Å². The molecule has 0 bridgehead atoms. The molecule has 0 aromatic heterocycles. The zero-order chi connectivity index (χ0) is 23.0. The van der Waals surface area contributed by atoms with Crippen molar-refractivity contribution in [2.24, 2.45) is 11.8 Å². The highest BCUT2D eigenvalue weighted by Crippen LogP contribution is 2.54. The molecule has 1 aliphatic rings. The molecular formula is C24H18Cl3FN2O2. The third-order valence-corrected chi connectivity index (χ3v) is 6.30. The van der Waals surface area contributed by atoms with Crippen molar-refractivity contribution in [3.63, 3.8) is 0 Å². The molecule has 1 aliphatic carbocycles. The van der Waals surface area contributed by atoms with Crippen LogP contribution in [0, 0.1) is 17.7 Å². The van der Waals surface area contributed by atoms with Crippen LogP contribution in [0.4, 0.5) is 15.8 Å². The largest absolute Gasteiger partial charge is 0.326 e. The third-order valence-electron chi connectivity index (χ3n) is 5.53. The number of hydrogen-bond donors (Lipinski definition) is 2. The van der Waals surface area contributed by atoms with Gasteiger partial charge >= 0.3 is 0 Å². The Balaban J connectivity index is 1.47. The summed E-state index contributed by atoms with van der Waals surface area (Å²) in [5.41, 5.74) is 1.99. The van der Waals surface area contributed by atoms with E-state index in [9.17, 15) is 14.0 Å². The van der Waals surface area contributed by atoms with E-state index in [1.54, 1.807) is 18.2 Å². The van der Waals surface area contributed by atoms with Crippen molar-refractivity contribution in [3.8, 4) is 0 Å². The van der Waals surface area contributed by atoms with E-state index in [4.69, 9.17) is 34.8 Å². The van der Waals surface area contributed by atoms with Gasteiger partial charge < -0.3 is 10.6 Å². The fourth-order valence-corrected chi connectivity index (χ4v) is 4.62. The lowest BCUT2D eigenvalue weighted by Gasteiger charge is -2.10. The van der Waals surface area contributed by atoms with E-state index in [2.05, 4.69) is 10.6 Å². The van der Waals surface area contributed by atoms with Gasteiger partial charge in [0.2, 0.25) is 5.91 Å². The number of benzene rings is 3. The topological polar surface area (TPSA) is 58.2 Å². The van der Waals surface area contributed by atoms with Crippen molar-refractivity contribution in [1.82, 2.24) is 0 Å². The van der Waals surface area contributed by atoms with E-state index >= 15 is 0 Å². The lowest BCUT2D eigenvalue weighted by Crippen LogP contribution is -2.17. The van der Waals surface area contributed by atoms with Gasteiger partial charge in [0.25, 0.3) is 5.91 Å². The Labute approximate surface area is 199 Å². The van der Waals surface area contributed by atoms with Crippen LogP contribution in [0.15, 0.2) is 60.7 Å². The van der Waals surface area contributed by atoms with Crippen molar-refractivity contribution in [2.75, 3.05) is 10.6 Å². The molecule has 32 heavy (non-hydrogen) atoms. The van der Waals surface area contributed by atoms with Gasteiger partial charge in [0.15, 0.2) is 0 Å². The zero-order valence-electron chi connectivity index (χ0n) is 16.8. The van der Waals surface area contributed by atoms with E-state index in [-0.39, 0.29) is 34.2 Å². The molecule has 0 radical (unpaired) electrons. The van der Waals surface area contributed by atoms with Crippen molar-refractivity contribution >= 4 is 58.0 Å². The summed E-state index contributed by atoms with van der Waals surface area (Å²) < 4.78 is 13.1. The van der Waals surface area contributed by atoms with Gasteiger partial charge in [-0.2, -0.15) is 0 Å². The number of anilines is 2. The molecule has 0 aliphatic heterocycles. The lowest BCUT2D eigenvalue weighted by molar-refractivity contribution is -0.117. The van der Waals surface area contributed by atoms with Crippen LogP contribution in [0.1, 0.15) is 28.8 Å². The SMILES string of the molecule is C[C@@H]1C(C(=O)Nc2ccc(Cl)c(C(=O)Nc3ccc(F)cc3)c2)C1c1cc(Cl)cc(Cl)c1. The maximum atomic E-state index is 13.1. The quantitative estimate of drug-likeness (QED) is 0.403. The van der Waals surface area contributed by atoms with Crippen molar-refractivity contribution < 1.29 is 14.0 Å². The van der Waals surface area contributed by atoms with Crippen molar-refractivity contribution in [2.45, 2.75) is 12.8 Å². The van der Waals surface area contributed by atoms with Gasteiger partial charge in [-0.25, -0.2) is 4.39 Å². The summed E-state index contributed by atoms with van der Waals surface area (Å²) in [6.45, 7) is 1.99. The first-order valence-electron chi connectivity index (χ1n) is 9.86. The molecule has 164 valence electrons. The molecule has 3 atom stereocenters. The van der Waals surface area contributed by atoms with Crippen LogP contribution in [-0.4, -0.2) is 11.8 Å². The molecule has 0 saturated heterocycles. The van der Waals surface area contributed by atoms with E-state index in [1.165, 1.54) is 30.3 Å². The minimum atomic E-state index is -0.469. The fraction of sp³-hybridized carbons (Fsp3) is 0.167. The maximum absolute atomic E-state index is 13.1. The van der Waals surface area contributed by atoms with Gasteiger partial charge in [-0.1, -0.05) is 41.7 Å². The second kappa shape index (κ2) is 9.10. The van der Waals surface area contributed by atoms with Crippen molar-refractivity contribution in [3.05, 3.63) is 92.7 Å². The molecule has 3 aromatic carbocycles. The van der Waals surface area contributed by atoms with E-state index in [0.717, 1.165) is 5.56 Å². The second-order valence-corrected chi connectivity index (χ2v) is 9.04.